The first-order chi connectivity index (χ1) is 13.2. The predicted octanol–water partition coefficient (Wildman–Crippen LogP) is 2.11. The summed E-state index contributed by atoms with van der Waals surface area (Å²) in [4.78, 5) is 15.7. The first kappa shape index (κ1) is 17.0. The van der Waals surface area contributed by atoms with E-state index >= 15 is 0 Å². The van der Waals surface area contributed by atoms with Gasteiger partial charge in [-0.25, -0.2) is 4.98 Å². The minimum Gasteiger partial charge on any atom is -0.394 e. The Morgan fingerprint density at radius 1 is 1.37 bits per heavy atom. The number of nitrogens with zero attached hydrogens (tertiary/aromatic N) is 7. The summed E-state index contributed by atoms with van der Waals surface area (Å²) in [5.41, 5.74) is 16.4. The fourth-order valence-electron chi connectivity index (χ4n) is 3.13. The number of anilines is 3. The first-order valence-corrected chi connectivity index (χ1v) is 8.32. The van der Waals surface area contributed by atoms with E-state index in [1.807, 2.05) is 30.3 Å². The molecule has 1 aliphatic rings. The number of fused-ring (bicyclic) bond motifs is 1. The number of nitrogens with two attached hydrogens (primary N) is 1. The SMILES string of the molecule is [N-]=[N+]=N[C@H]1C[C@H](n2cnc3c(Nc4ccccc4)nc(N)nc32)O[C@@H]1CO. The van der Waals surface area contributed by atoms with Gasteiger partial charge in [-0.2, -0.15) is 9.97 Å². The average Bonchev–Trinajstić information content (AvgIpc) is 3.26. The molecule has 3 heterocycles. The number of azide groups is 1. The molecule has 138 valence electrons. The average molecular weight is 367 g/mol. The number of hydrogen-bond donors (Lipinski definition) is 3. The van der Waals surface area contributed by atoms with E-state index in [-0.39, 0.29) is 12.6 Å². The van der Waals surface area contributed by atoms with Crippen molar-refractivity contribution in [1.29, 1.82) is 0 Å². The van der Waals surface area contributed by atoms with Crippen LogP contribution in [0, 0.1) is 0 Å². The second-order valence-corrected chi connectivity index (χ2v) is 6.07. The Hall–Kier alpha value is -3.40. The van der Waals surface area contributed by atoms with Crippen LogP contribution in [-0.2, 0) is 4.74 Å². The molecular weight excluding hydrogens is 350 g/mol. The van der Waals surface area contributed by atoms with E-state index < -0.39 is 18.4 Å². The van der Waals surface area contributed by atoms with Gasteiger partial charge in [0.15, 0.2) is 17.0 Å². The minimum absolute atomic E-state index is 0.0889. The van der Waals surface area contributed by atoms with E-state index in [0.29, 0.717) is 23.4 Å². The normalized spacial score (nSPS) is 21.9. The summed E-state index contributed by atoms with van der Waals surface area (Å²) in [6.07, 6.45) is 0.907. The molecule has 0 amide bonds. The van der Waals surface area contributed by atoms with Crippen molar-refractivity contribution in [1.82, 2.24) is 19.5 Å². The Bertz CT molecular complexity index is 1000. The molecule has 0 radical (unpaired) electrons. The van der Waals surface area contributed by atoms with Gasteiger partial charge < -0.3 is 20.9 Å². The summed E-state index contributed by atoms with van der Waals surface area (Å²) >= 11 is 0. The molecule has 11 heteroatoms. The topological polar surface area (TPSA) is 160 Å². The molecule has 2 aromatic heterocycles. The Morgan fingerprint density at radius 3 is 2.93 bits per heavy atom. The Labute approximate surface area is 153 Å². The maximum absolute atomic E-state index is 9.46. The van der Waals surface area contributed by atoms with E-state index in [1.54, 1.807) is 10.9 Å². The van der Waals surface area contributed by atoms with E-state index in [1.165, 1.54) is 0 Å². The predicted molar refractivity (Wildman–Crippen MR) is 98.0 cm³/mol. The number of para-hydroxylation sites is 1. The molecule has 4 rings (SSSR count). The molecule has 3 atom stereocenters. The fraction of sp³-hybridized carbons (Fsp3) is 0.312. The molecule has 1 saturated heterocycles. The molecule has 1 fully saturated rings. The van der Waals surface area contributed by atoms with Gasteiger partial charge >= 0.3 is 0 Å². The van der Waals surface area contributed by atoms with Gasteiger partial charge in [-0.15, -0.1) is 0 Å². The number of aliphatic hydroxyl groups excluding tert-OH is 1. The number of imidazole rings is 1. The standard InChI is InChI=1S/C16H17N9O2/c17-16-21-14(20-9-4-2-1-3-5-9)13-15(22-16)25(8-19-13)12-6-10(23-24-18)11(7-26)27-12/h1-5,8,10-12,26H,6-7H2,(H3,17,20,21,22)/t10-,11+,12+/m0/s1. The lowest BCUT2D eigenvalue weighted by molar-refractivity contribution is -0.0232. The Kier molecular flexibility index (Phi) is 4.47. The number of ether oxygens (including phenoxy) is 1. The molecule has 11 nitrogen and oxygen atoms in total. The third-order valence-electron chi connectivity index (χ3n) is 4.37. The zero-order valence-corrected chi connectivity index (χ0v) is 14.2. The highest BCUT2D eigenvalue weighted by Gasteiger charge is 2.36. The molecule has 0 spiro atoms. The van der Waals surface area contributed by atoms with Gasteiger partial charge in [0.25, 0.3) is 0 Å². The molecular formula is C16H17N9O2. The van der Waals surface area contributed by atoms with Crippen molar-refractivity contribution in [2.45, 2.75) is 24.8 Å². The maximum Gasteiger partial charge on any atom is 0.224 e. The fourth-order valence-corrected chi connectivity index (χ4v) is 3.13. The second kappa shape index (κ2) is 7.08. The molecule has 3 aromatic rings. The van der Waals surface area contributed by atoms with Crippen LogP contribution in [0.1, 0.15) is 12.6 Å². The number of hydrogen-bond acceptors (Lipinski definition) is 8. The molecule has 0 saturated carbocycles. The van der Waals surface area contributed by atoms with Crippen LogP contribution in [0.5, 0.6) is 0 Å². The molecule has 27 heavy (non-hydrogen) atoms. The van der Waals surface area contributed by atoms with Crippen LogP contribution in [0.15, 0.2) is 41.8 Å². The molecule has 0 unspecified atom stereocenters. The number of aromatic nitrogens is 4. The second-order valence-electron chi connectivity index (χ2n) is 6.07. The van der Waals surface area contributed by atoms with Crippen molar-refractivity contribution >= 4 is 28.6 Å². The molecule has 1 aliphatic heterocycles. The van der Waals surface area contributed by atoms with Crippen LogP contribution in [0.3, 0.4) is 0 Å². The smallest absolute Gasteiger partial charge is 0.224 e. The van der Waals surface area contributed by atoms with E-state index in [2.05, 4.69) is 30.3 Å². The van der Waals surface area contributed by atoms with E-state index in [9.17, 15) is 5.11 Å². The zero-order valence-electron chi connectivity index (χ0n) is 14.2. The van der Waals surface area contributed by atoms with Gasteiger partial charge in [0.1, 0.15) is 6.23 Å². The van der Waals surface area contributed by atoms with Crippen molar-refractivity contribution in [2.75, 3.05) is 17.7 Å². The van der Waals surface area contributed by atoms with Crippen molar-refractivity contribution in [3.05, 3.63) is 47.1 Å². The van der Waals surface area contributed by atoms with Crippen molar-refractivity contribution in [2.24, 2.45) is 5.11 Å². The van der Waals surface area contributed by atoms with E-state index in [4.69, 9.17) is 16.0 Å². The number of nitrogens with one attached hydrogen (secondary N) is 1. The molecule has 0 bridgehead atoms. The van der Waals surface area contributed by atoms with Crippen molar-refractivity contribution in [3.8, 4) is 0 Å². The van der Waals surface area contributed by atoms with Gasteiger partial charge in [-0.3, -0.25) is 4.57 Å². The van der Waals surface area contributed by atoms with Crippen LogP contribution in [0.4, 0.5) is 17.5 Å². The van der Waals surface area contributed by atoms with Gasteiger partial charge in [-0.1, -0.05) is 23.3 Å². The van der Waals surface area contributed by atoms with Crippen molar-refractivity contribution < 1.29 is 9.84 Å². The first-order valence-electron chi connectivity index (χ1n) is 8.32. The summed E-state index contributed by atoms with van der Waals surface area (Å²) in [6, 6.07) is 9.05. The summed E-state index contributed by atoms with van der Waals surface area (Å²) in [6.45, 7) is -0.245. The van der Waals surface area contributed by atoms with Gasteiger partial charge in [0, 0.05) is 17.0 Å². The largest absolute Gasteiger partial charge is 0.394 e. The lowest BCUT2D eigenvalue weighted by atomic mass is 10.1. The summed E-state index contributed by atoms with van der Waals surface area (Å²) in [7, 11) is 0. The summed E-state index contributed by atoms with van der Waals surface area (Å²) < 4.78 is 7.52. The number of benzene rings is 1. The number of nitrogen functional groups attached to an aromatic ring is 1. The summed E-state index contributed by atoms with van der Waals surface area (Å²) in [5, 5.41) is 16.3. The highest BCUT2D eigenvalue weighted by atomic mass is 16.5. The lowest BCUT2D eigenvalue weighted by Gasteiger charge is -2.14. The Balaban J connectivity index is 1.71. The lowest BCUT2D eigenvalue weighted by Crippen LogP contribution is -2.22. The van der Waals surface area contributed by atoms with Crippen LogP contribution in [-0.4, -0.2) is 43.4 Å². The minimum atomic E-state index is -0.579. The molecule has 1 aromatic carbocycles. The zero-order chi connectivity index (χ0) is 18.8. The van der Waals surface area contributed by atoms with Crippen molar-refractivity contribution in [3.63, 3.8) is 0 Å². The van der Waals surface area contributed by atoms with Crippen LogP contribution >= 0.6 is 0 Å². The van der Waals surface area contributed by atoms with Crippen LogP contribution in [0.2, 0.25) is 0 Å². The van der Waals surface area contributed by atoms with Crippen LogP contribution < -0.4 is 11.1 Å². The van der Waals surface area contributed by atoms with Gasteiger partial charge in [-0.05, 0) is 17.7 Å². The molecule has 4 N–H and O–H groups in total. The number of aliphatic hydroxyl groups is 1. The Morgan fingerprint density at radius 2 is 2.19 bits per heavy atom. The summed E-state index contributed by atoms with van der Waals surface area (Å²) in [5.74, 6) is 0.566. The number of rotatable bonds is 5. The van der Waals surface area contributed by atoms with Gasteiger partial charge in [0.05, 0.1) is 25.1 Å². The quantitative estimate of drug-likeness (QED) is 0.353. The highest BCUT2D eigenvalue weighted by Crippen LogP contribution is 2.34. The van der Waals surface area contributed by atoms with Crippen LogP contribution in [0.25, 0.3) is 21.6 Å². The highest BCUT2D eigenvalue weighted by molar-refractivity contribution is 5.86. The third-order valence-corrected chi connectivity index (χ3v) is 4.37. The molecule has 0 aliphatic carbocycles. The maximum atomic E-state index is 9.46. The van der Waals surface area contributed by atoms with Gasteiger partial charge in [0.2, 0.25) is 5.95 Å². The van der Waals surface area contributed by atoms with E-state index in [0.717, 1.165) is 5.69 Å². The third kappa shape index (κ3) is 3.22. The monoisotopic (exact) mass is 367 g/mol.